The lowest BCUT2D eigenvalue weighted by Crippen LogP contribution is -2.27. The van der Waals surface area contributed by atoms with E-state index in [4.69, 9.17) is 9.47 Å². The van der Waals surface area contributed by atoms with E-state index in [-0.39, 0.29) is 11.9 Å². The Hall–Kier alpha value is -3.49. The highest BCUT2D eigenvalue weighted by atomic mass is 32.1. The van der Waals surface area contributed by atoms with Crippen LogP contribution >= 0.6 is 11.3 Å². The molecular formula is C26H27N3O4S. The van der Waals surface area contributed by atoms with Crippen LogP contribution in [0.1, 0.15) is 33.9 Å². The maximum absolute atomic E-state index is 12.8. The summed E-state index contributed by atoms with van der Waals surface area (Å²) in [6, 6.07) is 16.3. The van der Waals surface area contributed by atoms with E-state index in [0.29, 0.717) is 29.3 Å². The van der Waals surface area contributed by atoms with Gasteiger partial charge in [-0.25, -0.2) is 9.78 Å². The molecule has 2 heterocycles. The Kier molecular flexibility index (Phi) is 7.40. The third kappa shape index (κ3) is 5.35. The van der Waals surface area contributed by atoms with Crippen LogP contribution in [0.5, 0.6) is 5.75 Å². The summed E-state index contributed by atoms with van der Waals surface area (Å²) in [6.45, 7) is 7.05. The monoisotopic (exact) mass is 477 g/mol. The zero-order valence-corrected chi connectivity index (χ0v) is 20.3. The molecule has 2 aromatic carbocycles. The van der Waals surface area contributed by atoms with Crippen molar-refractivity contribution in [2.24, 2.45) is 0 Å². The van der Waals surface area contributed by atoms with Crippen molar-refractivity contribution in [1.82, 2.24) is 9.88 Å². The fourth-order valence-corrected chi connectivity index (χ4v) is 4.54. The van der Waals surface area contributed by atoms with Crippen molar-refractivity contribution in [3.05, 3.63) is 65.0 Å². The molecule has 2 aromatic heterocycles. The number of nitrogens with zero attached hydrogens (tertiary/aromatic N) is 2. The second-order valence-electron chi connectivity index (χ2n) is 7.75. The molecule has 8 heteroatoms. The number of methoxy groups -OCH3 is 1. The van der Waals surface area contributed by atoms with Crippen molar-refractivity contribution in [1.29, 1.82) is 0 Å². The lowest BCUT2D eigenvalue weighted by Gasteiger charge is -2.17. The van der Waals surface area contributed by atoms with Crippen molar-refractivity contribution < 1.29 is 19.1 Å². The number of carbonyl (C=O) groups excluding carboxylic acids is 2. The highest BCUT2D eigenvalue weighted by molar-refractivity contribution is 7.20. The first-order valence-corrected chi connectivity index (χ1v) is 12.0. The Morgan fingerprint density at radius 2 is 1.76 bits per heavy atom. The van der Waals surface area contributed by atoms with Gasteiger partial charge in [0.25, 0.3) is 5.91 Å². The van der Waals surface area contributed by atoms with Crippen molar-refractivity contribution in [3.8, 4) is 5.75 Å². The molecule has 7 nitrogen and oxygen atoms in total. The number of nitrogens with one attached hydrogen (secondary N) is 1. The predicted octanol–water partition coefficient (Wildman–Crippen LogP) is 5.21. The number of ether oxygens (including phenoxy) is 2. The Morgan fingerprint density at radius 1 is 1.00 bits per heavy atom. The Labute approximate surface area is 202 Å². The summed E-state index contributed by atoms with van der Waals surface area (Å²) >= 11 is 1.33. The van der Waals surface area contributed by atoms with Crippen LogP contribution in [0.3, 0.4) is 0 Å². The quantitative estimate of drug-likeness (QED) is 0.333. The maximum Gasteiger partial charge on any atom is 0.338 e. The van der Waals surface area contributed by atoms with Crippen molar-refractivity contribution >= 4 is 50.0 Å². The topological polar surface area (TPSA) is 80.8 Å². The lowest BCUT2D eigenvalue weighted by molar-refractivity contribution is 0.0466. The highest BCUT2D eigenvalue weighted by Crippen LogP contribution is 2.29. The van der Waals surface area contributed by atoms with Crippen LogP contribution in [-0.2, 0) is 4.74 Å². The van der Waals surface area contributed by atoms with Crippen LogP contribution in [0.4, 0.5) is 5.69 Å². The molecule has 0 aliphatic carbocycles. The van der Waals surface area contributed by atoms with E-state index in [9.17, 15) is 9.59 Å². The molecule has 0 saturated heterocycles. The van der Waals surface area contributed by atoms with Crippen LogP contribution in [0.15, 0.2) is 54.6 Å². The summed E-state index contributed by atoms with van der Waals surface area (Å²) in [5.41, 5.74) is 1.87. The van der Waals surface area contributed by atoms with Gasteiger partial charge in [-0.3, -0.25) is 4.79 Å². The normalized spacial score (nSPS) is 11.2. The summed E-state index contributed by atoms with van der Waals surface area (Å²) in [5.74, 6) is 0.147. The molecule has 0 aliphatic rings. The number of fused-ring (bicyclic) bond motifs is 2. The fraction of sp³-hybridized carbons (Fsp3) is 0.269. The number of benzene rings is 2. The van der Waals surface area contributed by atoms with Gasteiger partial charge in [-0.1, -0.05) is 13.8 Å². The molecule has 0 saturated carbocycles. The second-order valence-corrected chi connectivity index (χ2v) is 8.78. The Balaban J connectivity index is 1.41. The van der Waals surface area contributed by atoms with E-state index in [0.717, 1.165) is 40.0 Å². The molecular weight excluding hydrogens is 450 g/mol. The van der Waals surface area contributed by atoms with E-state index in [1.807, 2.05) is 30.3 Å². The molecule has 0 spiro atoms. The molecule has 4 aromatic rings. The summed E-state index contributed by atoms with van der Waals surface area (Å²) in [5, 5.41) is 4.78. The number of hydrogen-bond acceptors (Lipinski definition) is 7. The van der Waals surface area contributed by atoms with E-state index in [2.05, 4.69) is 29.0 Å². The van der Waals surface area contributed by atoms with Crippen LogP contribution in [-0.4, -0.2) is 55.1 Å². The van der Waals surface area contributed by atoms with Crippen LogP contribution in [0.25, 0.3) is 21.1 Å². The molecule has 0 atom stereocenters. The lowest BCUT2D eigenvalue weighted by atomic mass is 10.2. The number of rotatable bonds is 9. The summed E-state index contributed by atoms with van der Waals surface area (Å²) in [4.78, 5) is 33.3. The first kappa shape index (κ1) is 23.7. The summed E-state index contributed by atoms with van der Waals surface area (Å²) in [7, 11) is 1.62. The van der Waals surface area contributed by atoms with Gasteiger partial charge in [0.05, 0.1) is 23.1 Å². The molecule has 1 N–H and O–H groups in total. The second kappa shape index (κ2) is 10.6. The zero-order valence-electron chi connectivity index (χ0n) is 19.5. The molecule has 0 radical (unpaired) electrons. The van der Waals surface area contributed by atoms with Crippen LogP contribution in [0, 0.1) is 0 Å². The standard InChI is InChI=1S/C26H27N3O4S/c1-4-29(5-2)12-13-33-26(31)17-6-9-20(10-7-17)27-24(30)23-15-19-14-18-8-11-21(32-3)16-22(18)28-25(19)34-23/h6-11,14-16H,4-5,12-13H2,1-3H3,(H,27,30). The molecule has 1 amide bonds. The SMILES string of the molecule is CCN(CC)CCOC(=O)c1ccc(NC(=O)c2cc3cc4ccc(OC)cc4nc3s2)cc1. The van der Waals surface area contributed by atoms with Crippen molar-refractivity contribution in [2.75, 3.05) is 38.7 Å². The van der Waals surface area contributed by atoms with Gasteiger partial charge in [0.2, 0.25) is 0 Å². The largest absolute Gasteiger partial charge is 0.497 e. The van der Waals surface area contributed by atoms with Crippen molar-refractivity contribution in [2.45, 2.75) is 13.8 Å². The van der Waals surface area contributed by atoms with Gasteiger partial charge in [0, 0.05) is 29.1 Å². The smallest absolute Gasteiger partial charge is 0.338 e. The minimum absolute atomic E-state index is 0.223. The number of thiophene rings is 1. The molecule has 0 aliphatic heterocycles. The first-order valence-electron chi connectivity index (χ1n) is 11.2. The summed E-state index contributed by atoms with van der Waals surface area (Å²) in [6.07, 6.45) is 0. The van der Waals surface area contributed by atoms with Gasteiger partial charge in [-0.15, -0.1) is 11.3 Å². The minimum atomic E-state index is -0.371. The Morgan fingerprint density at radius 3 is 2.47 bits per heavy atom. The highest BCUT2D eigenvalue weighted by Gasteiger charge is 2.14. The Bertz CT molecular complexity index is 1310. The van der Waals surface area contributed by atoms with Gasteiger partial charge in [-0.05, 0) is 61.6 Å². The van der Waals surface area contributed by atoms with Gasteiger partial charge in [-0.2, -0.15) is 0 Å². The third-order valence-electron chi connectivity index (χ3n) is 5.65. The number of esters is 1. The summed E-state index contributed by atoms with van der Waals surface area (Å²) < 4.78 is 10.6. The van der Waals surface area contributed by atoms with E-state index < -0.39 is 0 Å². The van der Waals surface area contributed by atoms with E-state index >= 15 is 0 Å². The molecule has 0 fully saturated rings. The van der Waals surface area contributed by atoms with Crippen LogP contribution < -0.4 is 10.1 Å². The van der Waals surface area contributed by atoms with E-state index in [1.165, 1.54) is 11.3 Å². The van der Waals surface area contributed by atoms with Crippen LogP contribution in [0.2, 0.25) is 0 Å². The third-order valence-corrected chi connectivity index (χ3v) is 6.69. The number of aromatic nitrogens is 1. The van der Waals surface area contributed by atoms with Gasteiger partial charge in [0.15, 0.2) is 0 Å². The predicted molar refractivity (Wildman–Crippen MR) is 136 cm³/mol. The number of amides is 1. The first-order chi connectivity index (χ1) is 16.5. The van der Waals surface area contributed by atoms with Gasteiger partial charge < -0.3 is 19.7 Å². The molecule has 0 unspecified atom stereocenters. The average molecular weight is 478 g/mol. The zero-order chi connectivity index (χ0) is 24.1. The molecule has 34 heavy (non-hydrogen) atoms. The van der Waals surface area contributed by atoms with Gasteiger partial charge in [0.1, 0.15) is 17.2 Å². The molecule has 4 rings (SSSR count). The number of anilines is 1. The van der Waals surface area contributed by atoms with Gasteiger partial charge >= 0.3 is 5.97 Å². The number of hydrogen-bond donors (Lipinski definition) is 1. The molecule has 176 valence electrons. The van der Waals surface area contributed by atoms with Crippen molar-refractivity contribution in [3.63, 3.8) is 0 Å². The average Bonchev–Trinajstić information content (AvgIpc) is 3.28. The minimum Gasteiger partial charge on any atom is -0.497 e. The fourth-order valence-electron chi connectivity index (χ4n) is 3.62. The van der Waals surface area contributed by atoms with E-state index in [1.54, 1.807) is 31.4 Å². The number of carbonyl (C=O) groups is 2. The number of likely N-dealkylation sites (N-methyl/N-ethyl adjacent to an activating group) is 1. The maximum atomic E-state index is 12.8. The molecule has 0 bridgehead atoms. The number of pyridine rings is 1.